The summed E-state index contributed by atoms with van der Waals surface area (Å²) in [5.41, 5.74) is 1.20. The highest BCUT2D eigenvalue weighted by molar-refractivity contribution is 6.46. The van der Waals surface area contributed by atoms with E-state index < -0.39 is 17.7 Å². The van der Waals surface area contributed by atoms with E-state index in [1.807, 2.05) is 18.2 Å². The predicted molar refractivity (Wildman–Crippen MR) is 146 cm³/mol. The van der Waals surface area contributed by atoms with Crippen LogP contribution in [0.5, 0.6) is 11.5 Å². The van der Waals surface area contributed by atoms with E-state index in [-0.39, 0.29) is 11.3 Å². The first-order chi connectivity index (χ1) is 18.0. The summed E-state index contributed by atoms with van der Waals surface area (Å²) >= 11 is 0. The molecule has 0 aromatic heterocycles. The van der Waals surface area contributed by atoms with E-state index >= 15 is 0 Å². The van der Waals surface area contributed by atoms with Crippen LogP contribution >= 0.6 is 0 Å². The van der Waals surface area contributed by atoms with E-state index in [4.69, 9.17) is 9.47 Å². The van der Waals surface area contributed by atoms with Crippen molar-refractivity contribution in [1.29, 1.82) is 0 Å². The number of rotatable bonds is 14. The third-order valence-corrected chi connectivity index (χ3v) is 6.87. The summed E-state index contributed by atoms with van der Waals surface area (Å²) in [5.74, 6) is -0.286. The zero-order valence-electron chi connectivity index (χ0n) is 22.5. The number of aliphatic hydroxyl groups excluding tert-OH is 1. The number of likely N-dealkylation sites (tertiary alicyclic amines) is 1. The molecule has 1 unspecified atom stereocenters. The fourth-order valence-electron chi connectivity index (χ4n) is 4.79. The average molecular weight is 509 g/mol. The number of ketones is 1. The van der Waals surface area contributed by atoms with Gasteiger partial charge in [-0.05, 0) is 69.2 Å². The Hall–Kier alpha value is -3.32. The van der Waals surface area contributed by atoms with Crippen molar-refractivity contribution < 1.29 is 24.2 Å². The van der Waals surface area contributed by atoms with E-state index in [1.165, 1.54) is 0 Å². The molecule has 0 radical (unpaired) electrons. The van der Waals surface area contributed by atoms with Crippen LogP contribution in [-0.4, -0.2) is 67.0 Å². The van der Waals surface area contributed by atoms with Crippen LogP contribution in [-0.2, 0) is 9.59 Å². The average Bonchev–Trinajstić information content (AvgIpc) is 3.18. The Bertz CT molecular complexity index is 1070. The van der Waals surface area contributed by atoms with Gasteiger partial charge in [0, 0.05) is 17.7 Å². The molecule has 200 valence electrons. The maximum Gasteiger partial charge on any atom is 0.295 e. The molecule has 1 amide bonds. The second-order valence-electron chi connectivity index (χ2n) is 9.37. The van der Waals surface area contributed by atoms with Gasteiger partial charge in [0.2, 0.25) is 0 Å². The number of para-hydroxylation sites is 1. The highest BCUT2D eigenvalue weighted by atomic mass is 16.5. The second-order valence-corrected chi connectivity index (χ2v) is 9.37. The van der Waals surface area contributed by atoms with Crippen molar-refractivity contribution in [1.82, 2.24) is 9.80 Å². The van der Waals surface area contributed by atoms with Gasteiger partial charge in [-0.25, -0.2) is 0 Å². The molecule has 1 saturated heterocycles. The molecule has 7 heteroatoms. The molecule has 1 atom stereocenters. The Labute approximate surface area is 220 Å². The largest absolute Gasteiger partial charge is 0.507 e. The quantitative estimate of drug-likeness (QED) is 0.209. The first kappa shape index (κ1) is 28.3. The van der Waals surface area contributed by atoms with Gasteiger partial charge in [0.1, 0.15) is 17.3 Å². The Morgan fingerprint density at radius 1 is 0.892 bits per heavy atom. The lowest BCUT2D eigenvalue weighted by Crippen LogP contribution is -2.34. The van der Waals surface area contributed by atoms with Gasteiger partial charge in [-0.3, -0.25) is 9.59 Å². The Morgan fingerprint density at radius 3 is 2.11 bits per heavy atom. The molecule has 2 aromatic rings. The minimum atomic E-state index is -0.738. The lowest BCUT2D eigenvalue weighted by Gasteiger charge is -2.28. The molecule has 0 spiro atoms. The van der Waals surface area contributed by atoms with E-state index in [9.17, 15) is 14.7 Å². The van der Waals surface area contributed by atoms with E-state index in [0.29, 0.717) is 29.2 Å². The lowest BCUT2D eigenvalue weighted by atomic mass is 9.94. The summed E-state index contributed by atoms with van der Waals surface area (Å²) in [5, 5.41) is 11.3. The molecule has 7 nitrogen and oxygen atoms in total. The van der Waals surface area contributed by atoms with Crippen LogP contribution in [0.1, 0.15) is 63.1 Å². The summed E-state index contributed by atoms with van der Waals surface area (Å²) in [6.07, 6.45) is 5.27. The number of amides is 1. The molecule has 1 fully saturated rings. The third-order valence-electron chi connectivity index (χ3n) is 6.87. The molecule has 1 heterocycles. The third kappa shape index (κ3) is 6.72. The fourth-order valence-corrected chi connectivity index (χ4v) is 4.79. The fraction of sp³-hybridized carbons (Fsp3) is 0.467. The van der Waals surface area contributed by atoms with Crippen LogP contribution in [0, 0.1) is 0 Å². The topological polar surface area (TPSA) is 79.3 Å². The first-order valence-electron chi connectivity index (χ1n) is 13.2. The van der Waals surface area contributed by atoms with Crippen LogP contribution < -0.4 is 9.47 Å². The van der Waals surface area contributed by atoms with Gasteiger partial charge in [-0.1, -0.05) is 44.9 Å². The number of unbranched alkanes of at least 4 members (excludes halogenated alkanes) is 2. The monoisotopic (exact) mass is 508 g/mol. The molecular weight excluding hydrogens is 468 g/mol. The Kier molecular flexibility index (Phi) is 10.6. The van der Waals surface area contributed by atoms with Gasteiger partial charge in [0.15, 0.2) is 0 Å². The van der Waals surface area contributed by atoms with Crippen molar-refractivity contribution in [2.75, 3.05) is 40.4 Å². The van der Waals surface area contributed by atoms with Gasteiger partial charge in [-0.2, -0.15) is 0 Å². The van der Waals surface area contributed by atoms with Crippen LogP contribution in [0.15, 0.2) is 54.1 Å². The van der Waals surface area contributed by atoms with Crippen molar-refractivity contribution >= 4 is 17.4 Å². The standard InChI is InChI=1S/C30H40N2O5/c1-5-7-18-31(19-8-6-2)20-11-21-32-27(24-12-9-10-13-25(24)37-4)26(29(34)30(32)35)28(33)22-14-16-23(36-3)17-15-22/h9-10,12-17,27,33H,5-8,11,18-21H2,1-4H3. The molecule has 0 saturated carbocycles. The summed E-state index contributed by atoms with van der Waals surface area (Å²) in [7, 11) is 3.13. The van der Waals surface area contributed by atoms with Gasteiger partial charge < -0.3 is 24.4 Å². The maximum atomic E-state index is 13.3. The van der Waals surface area contributed by atoms with Crippen molar-refractivity contribution in [3.8, 4) is 11.5 Å². The van der Waals surface area contributed by atoms with Crippen molar-refractivity contribution in [2.24, 2.45) is 0 Å². The maximum absolute atomic E-state index is 13.3. The first-order valence-corrected chi connectivity index (χ1v) is 13.2. The predicted octanol–water partition coefficient (Wildman–Crippen LogP) is 5.42. The number of ether oxygens (including phenoxy) is 2. The van der Waals surface area contributed by atoms with Crippen molar-refractivity contribution in [3.05, 3.63) is 65.2 Å². The zero-order valence-corrected chi connectivity index (χ0v) is 22.5. The molecule has 3 rings (SSSR count). The molecule has 1 N–H and O–H groups in total. The number of benzene rings is 2. The SMILES string of the molecule is CCCCN(CCCC)CCCN1C(=O)C(=O)C(=C(O)c2ccc(OC)cc2)C1c1ccccc1OC. The van der Waals surface area contributed by atoms with Crippen LogP contribution in [0.25, 0.3) is 5.76 Å². The minimum absolute atomic E-state index is 0.0773. The Morgan fingerprint density at radius 2 is 1.51 bits per heavy atom. The summed E-state index contributed by atoms with van der Waals surface area (Å²) in [6, 6.07) is 13.4. The summed E-state index contributed by atoms with van der Waals surface area (Å²) in [6.45, 7) is 7.69. The molecule has 37 heavy (non-hydrogen) atoms. The van der Waals surface area contributed by atoms with Gasteiger partial charge in [0.25, 0.3) is 11.7 Å². The normalized spacial score (nSPS) is 17.0. The smallest absolute Gasteiger partial charge is 0.295 e. The number of aliphatic hydroxyl groups is 1. The van der Waals surface area contributed by atoms with Crippen molar-refractivity contribution in [2.45, 2.75) is 52.0 Å². The highest BCUT2D eigenvalue weighted by Gasteiger charge is 2.46. The van der Waals surface area contributed by atoms with E-state index in [1.54, 1.807) is 49.5 Å². The van der Waals surface area contributed by atoms with Gasteiger partial charge in [0.05, 0.1) is 25.8 Å². The number of hydrogen-bond acceptors (Lipinski definition) is 6. The van der Waals surface area contributed by atoms with Gasteiger partial charge >= 0.3 is 0 Å². The number of carbonyl (C=O) groups excluding carboxylic acids is 2. The van der Waals surface area contributed by atoms with Crippen LogP contribution in [0.3, 0.4) is 0 Å². The number of hydrogen-bond donors (Lipinski definition) is 1. The number of nitrogens with zero attached hydrogens (tertiary/aromatic N) is 2. The molecule has 1 aliphatic rings. The van der Waals surface area contributed by atoms with Crippen molar-refractivity contribution in [3.63, 3.8) is 0 Å². The van der Waals surface area contributed by atoms with Crippen LogP contribution in [0.4, 0.5) is 0 Å². The minimum Gasteiger partial charge on any atom is -0.507 e. The van der Waals surface area contributed by atoms with E-state index in [2.05, 4.69) is 18.7 Å². The van der Waals surface area contributed by atoms with Crippen LogP contribution in [0.2, 0.25) is 0 Å². The molecule has 1 aliphatic heterocycles. The molecular formula is C30H40N2O5. The zero-order chi connectivity index (χ0) is 26.8. The number of methoxy groups -OCH3 is 2. The summed E-state index contributed by atoms with van der Waals surface area (Å²) < 4.78 is 10.8. The highest BCUT2D eigenvalue weighted by Crippen LogP contribution is 2.42. The van der Waals surface area contributed by atoms with Gasteiger partial charge in [-0.15, -0.1) is 0 Å². The number of Topliss-reactive ketones (excluding diaryl/α,β-unsaturated/α-hetero) is 1. The Balaban J connectivity index is 1.96. The second kappa shape index (κ2) is 13.8. The molecule has 0 aliphatic carbocycles. The summed E-state index contributed by atoms with van der Waals surface area (Å²) in [4.78, 5) is 30.7. The molecule has 2 aromatic carbocycles. The lowest BCUT2D eigenvalue weighted by molar-refractivity contribution is -0.140. The molecule has 0 bridgehead atoms. The van der Waals surface area contributed by atoms with E-state index in [0.717, 1.165) is 51.7 Å². The number of carbonyl (C=O) groups is 2.